The van der Waals surface area contributed by atoms with E-state index in [0.29, 0.717) is 12.1 Å². The average Bonchev–Trinajstić information content (AvgIpc) is 2.65. The van der Waals surface area contributed by atoms with Gasteiger partial charge >= 0.3 is 0 Å². The molecule has 0 saturated heterocycles. The Morgan fingerprint density at radius 3 is 2.69 bits per heavy atom. The number of nitrogens with zero attached hydrogens (tertiary/aromatic N) is 2. The van der Waals surface area contributed by atoms with Crippen LogP contribution in [-0.2, 0) is 11.3 Å². The Kier molecular flexibility index (Phi) is 5.49. The lowest BCUT2D eigenvalue weighted by molar-refractivity contribution is 0.0807. The maximum Gasteiger partial charge on any atom is 0.0594 e. The van der Waals surface area contributed by atoms with Crippen molar-refractivity contribution in [2.24, 2.45) is 0 Å². The van der Waals surface area contributed by atoms with Crippen molar-refractivity contribution in [2.75, 3.05) is 13.2 Å². The first-order valence-corrected chi connectivity index (χ1v) is 5.95. The van der Waals surface area contributed by atoms with Gasteiger partial charge in [-0.2, -0.15) is 5.10 Å². The molecule has 0 fully saturated rings. The van der Waals surface area contributed by atoms with E-state index in [1.807, 2.05) is 24.7 Å². The molecule has 1 heterocycles. The molecular formula is C12H23N3O. The third-order valence-electron chi connectivity index (χ3n) is 2.24. The Labute approximate surface area is 98.0 Å². The van der Waals surface area contributed by atoms with Crippen molar-refractivity contribution >= 4 is 0 Å². The predicted molar refractivity (Wildman–Crippen MR) is 65.4 cm³/mol. The van der Waals surface area contributed by atoms with Crippen molar-refractivity contribution in [1.82, 2.24) is 15.1 Å². The van der Waals surface area contributed by atoms with Crippen LogP contribution in [0.15, 0.2) is 12.4 Å². The van der Waals surface area contributed by atoms with E-state index in [-0.39, 0.29) is 0 Å². The second-order valence-corrected chi connectivity index (χ2v) is 4.52. The van der Waals surface area contributed by atoms with Gasteiger partial charge in [-0.1, -0.05) is 0 Å². The van der Waals surface area contributed by atoms with E-state index in [0.717, 1.165) is 19.7 Å². The maximum absolute atomic E-state index is 5.44. The summed E-state index contributed by atoms with van der Waals surface area (Å²) in [6, 6.07) is 0.429. The Morgan fingerprint density at radius 2 is 2.12 bits per heavy atom. The lowest BCUT2D eigenvalue weighted by Gasteiger charge is -2.07. The van der Waals surface area contributed by atoms with Gasteiger partial charge in [0.15, 0.2) is 0 Å². The molecule has 1 rings (SSSR count). The summed E-state index contributed by atoms with van der Waals surface area (Å²) < 4.78 is 7.41. The van der Waals surface area contributed by atoms with Crippen LogP contribution in [0, 0.1) is 0 Å². The fourth-order valence-corrected chi connectivity index (χ4v) is 1.35. The van der Waals surface area contributed by atoms with Gasteiger partial charge in [-0.05, 0) is 27.7 Å². The van der Waals surface area contributed by atoms with E-state index in [2.05, 4.69) is 30.5 Å². The van der Waals surface area contributed by atoms with Crippen LogP contribution in [0.2, 0.25) is 0 Å². The maximum atomic E-state index is 5.44. The second-order valence-electron chi connectivity index (χ2n) is 4.52. The zero-order valence-corrected chi connectivity index (χ0v) is 10.7. The minimum Gasteiger partial charge on any atom is -0.377 e. The quantitative estimate of drug-likeness (QED) is 0.721. The van der Waals surface area contributed by atoms with Crippen LogP contribution < -0.4 is 5.32 Å². The molecule has 0 aliphatic carbocycles. The van der Waals surface area contributed by atoms with Crippen LogP contribution in [0.4, 0.5) is 0 Å². The van der Waals surface area contributed by atoms with Crippen LogP contribution in [0.25, 0.3) is 0 Å². The molecule has 0 bridgehead atoms. The third-order valence-corrected chi connectivity index (χ3v) is 2.24. The highest BCUT2D eigenvalue weighted by atomic mass is 16.5. The van der Waals surface area contributed by atoms with Gasteiger partial charge in [-0.3, -0.25) is 4.68 Å². The number of nitrogens with one attached hydrogen (secondary N) is 1. The van der Waals surface area contributed by atoms with Gasteiger partial charge in [0.2, 0.25) is 0 Å². The minimum atomic E-state index is 0.311. The Bertz CT molecular complexity index is 294. The Hall–Kier alpha value is -0.870. The molecule has 0 aliphatic rings. The minimum absolute atomic E-state index is 0.311. The molecule has 0 spiro atoms. The summed E-state index contributed by atoms with van der Waals surface area (Å²) >= 11 is 0. The molecule has 4 heteroatoms. The molecule has 0 saturated carbocycles. The third kappa shape index (κ3) is 4.77. The van der Waals surface area contributed by atoms with E-state index in [1.54, 1.807) is 0 Å². The standard InChI is InChI=1S/C12H23N3O/c1-10(2)15-9-12(8-14-15)7-13-5-6-16-11(3)4/h8-11,13H,5-7H2,1-4H3. The van der Waals surface area contributed by atoms with E-state index >= 15 is 0 Å². The Balaban J connectivity index is 2.17. The van der Waals surface area contributed by atoms with Crippen LogP contribution in [0.3, 0.4) is 0 Å². The van der Waals surface area contributed by atoms with Crippen LogP contribution in [0.5, 0.6) is 0 Å². The summed E-state index contributed by atoms with van der Waals surface area (Å²) in [5, 5.41) is 7.62. The van der Waals surface area contributed by atoms with Gasteiger partial charge in [0.1, 0.15) is 0 Å². The molecule has 0 radical (unpaired) electrons. The van der Waals surface area contributed by atoms with Crippen molar-refractivity contribution in [2.45, 2.75) is 46.4 Å². The number of hydrogen-bond acceptors (Lipinski definition) is 3. The molecule has 1 aromatic rings. The van der Waals surface area contributed by atoms with Gasteiger partial charge in [0.25, 0.3) is 0 Å². The highest BCUT2D eigenvalue weighted by Gasteiger charge is 2.01. The number of hydrogen-bond donors (Lipinski definition) is 1. The van der Waals surface area contributed by atoms with Gasteiger partial charge < -0.3 is 10.1 Å². The highest BCUT2D eigenvalue weighted by Crippen LogP contribution is 2.04. The van der Waals surface area contributed by atoms with Gasteiger partial charge in [0.05, 0.1) is 18.9 Å². The van der Waals surface area contributed by atoms with Crippen LogP contribution in [-0.4, -0.2) is 29.0 Å². The summed E-state index contributed by atoms with van der Waals surface area (Å²) in [5.41, 5.74) is 1.22. The largest absolute Gasteiger partial charge is 0.377 e. The van der Waals surface area contributed by atoms with Crippen molar-refractivity contribution in [3.8, 4) is 0 Å². The molecular weight excluding hydrogens is 202 g/mol. The van der Waals surface area contributed by atoms with Crippen molar-refractivity contribution < 1.29 is 4.74 Å². The predicted octanol–water partition coefficient (Wildman–Crippen LogP) is 1.98. The van der Waals surface area contributed by atoms with Gasteiger partial charge in [-0.15, -0.1) is 0 Å². The molecule has 92 valence electrons. The average molecular weight is 225 g/mol. The van der Waals surface area contributed by atoms with Gasteiger partial charge in [0, 0.05) is 30.9 Å². The lowest BCUT2D eigenvalue weighted by Crippen LogP contribution is -2.20. The summed E-state index contributed by atoms with van der Waals surface area (Å²) in [6.45, 7) is 10.8. The molecule has 0 aromatic carbocycles. The molecule has 1 N–H and O–H groups in total. The van der Waals surface area contributed by atoms with Crippen molar-refractivity contribution in [3.63, 3.8) is 0 Å². The summed E-state index contributed by atoms with van der Waals surface area (Å²) in [7, 11) is 0. The molecule has 0 aliphatic heterocycles. The van der Waals surface area contributed by atoms with Crippen LogP contribution >= 0.6 is 0 Å². The SMILES string of the molecule is CC(C)OCCNCc1cnn(C(C)C)c1. The van der Waals surface area contributed by atoms with Crippen molar-refractivity contribution in [1.29, 1.82) is 0 Å². The monoisotopic (exact) mass is 225 g/mol. The first kappa shape index (κ1) is 13.2. The first-order chi connectivity index (χ1) is 7.59. The molecule has 0 atom stereocenters. The zero-order valence-electron chi connectivity index (χ0n) is 10.7. The number of aromatic nitrogens is 2. The summed E-state index contributed by atoms with van der Waals surface area (Å²) in [6.07, 6.45) is 4.31. The zero-order chi connectivity index (χ0) is 12.0. The first-order valence-electron chi connectivity index (χ1n) is 5.95. The van der Waals surface area contributed by atoms with Crippen molar-refractivity contribution in [3.05, 3.63) is 18.0 Å². The lowest BCUT2D eigenvalue weighted by atomic mass is 10.3. The van der Waals surface area contributed by atoms with Crippen LogP contribution in [0.1, 0.15) is 39.3 Å². The molecule has 1 aromatic heterocycles. The highest BCUT2D eigenvalue weighted by molar-refractivity contribution is 5.03. The topological polar surface area (TPSA) is 39.1 Å². The summed E-state index contributed by atoms with van der Waals surface area (Å²) in [4.78, 5) is 0. The fourth-order valence-electron chi connectivity index (χ4n) is 1.35. The van der Waals surface area contributed by atoms with E-state index in [9.17, 15) is 0 Å². The molecule has 16 heavy (non-hydrogen) atoms. The van der Waals surface area contributed by atoms with Gasteiger partial charge in [-0.25, -0.2) is 0 Å². The number of ether oxygens (including phenoxy) is 1. The molecule has 0 amide bonds. The molecule has 4 nitrogen and oxygen atoms in total. The Morgan fingerprint density at radius 1 is 1.38 bits per heavy atom. The number of rotatable bonds is 7. The second kappa shape index (κ2) is 6.66. The van der Waals surface area contributed by atoms with E-state index < -0.39 is 0 Å². The normalized spacial score (nSPS) is 11.6. The fraction of sp³-hybridized carbons (Fsp3) is 0.750. The van der Waals surface area contributed by atoms with E-state index in [1.165, 1.54) is 5.56 Å². The smallest absolute Gasteiger partial charge is 0.0594 e. The summed E-state index contributed by atoms with van der Waals surface area (Å²) in [5.74, 6) is 0. The van der Waals surface area contributed by atoms with E-state index in [4.69, 9.17) is 4.74 Å². The molecule has 0 unspecified atom stereocenters.